The minimum absolute atomic E-state index is 0.0600. The van der Waals surface area contributed by atoms with E-state index in [0.29, 0.717) is 50.5 Å². The molecule has 3 aliphatic rings. The third-order valence-electron chi connectivity index (χ3n) is 12.9. The molecule has 0 spiro atoms. The molecule has 1 fully saturated rings. The lowest BCUT2D eigenvalue weighted by molar-refractivity contribution is -0.255. The Kier molecular flexibility index (Phi) is 17.8. The fourth-order valence-corrected chi connectivity index (χ4v) is 9.98. The quantitative estimate of drug-likeness (QED) is 0.0375. The smallest absolute Gasteiger partial charge is 0.410 e. The lowest BCUT2D eigenvalue weighted by atomic mass is 9.55. The zero-order valence-electron chi connectivity index (χ0n) is 38.6. The van der Waals surface area contributed by atoms with Crippen LogP contribution >= 0.6 is 0 Å². The number of aryl methyl sites for hydroxylation is 1. The molecule has 352 valence electrons. The third-order valence-corrected chi connectivity index (χ3v) is 12.9. The topological polar surface area (TPSA) is 141 Å². The summed E-state index contributed by atoms with van der Waals surface area (Å²) < 4.78 is 32.9. The van der Waals surface area contributed by atoms with Crippen LogP contribution in [-0.4, -0.2) is 83.3 Å². The average Bonchev–Trinajstić information content (AvgIpc) is 3.34. The van der Waals surface area contributed by atoms with Crippen LogP contribution in [0.5, 0.6) is 11.5 Å². The second-order valence-corrected chi connectivity index (χ2v) is 17.4. The van der Waals surface area contributed by atoms with Crippen LogP contribution in [-0.2, 0) is 38.9 Å². The Balaban J connectivity index is 1.33. The summed E-state index contributed by atoms with van der Waals surface area (Å²) in [6.45, 7) is 10.0. The minimum atomic E-state index is -1.41. The van der Waals surface area contributed by atoms with Crippen LogP contribution in [0.3, 0.4) is 0 Å². The summed E-state index contributed by atoms with van der Waals surface area (Å²) in [4.78, 5) is 27.3. The predicted octanol–water partition coefficient (Wildman–Crippen LogP) is 9.87. The maximum atomic E-state index is 14.6. The number of aromatic nitrogens is 1. The molecule has 0 radical (unpaired) electrons. The van der Waals surface area contributed by atoms with E-state index in [-0.39, 0.29) is 63.8 Å². The standard InChI is InChI=1S/C54H67N3O9/c1-4-27-57(53(60)62-32-31-61-36-40-18-8-6-9-19-40)50-35-48(56-65-37-41-20-10-7-11-21-41)46-33-42(22-12-14-28-58)45(24-13-15-29-59)51-47-34-44(63-38-43-23-16-17-39(3)55-43)25-26-49(47)66-54(50,52(46)51)64-30-5-2/h5-11,16-21,23,25-26,33-34,42,45,50-52,58-59H,2,4,12-15,22,24,27-32,35-38H2,1,3H3. The molecule has 2 aliphatic carbocycles. The van der Waals surface area contributed by atoms with Gasteiger partial charge in [0, 0.05) is 43.4 Å². The van der Waals surface area contributed by atoms with Crippen LogP contribution < -0.4 is 9.47 Å². The van der Waals surface area contributed by atoms with Gasteiger partial charge in [0.2, 0.25) is 5.79 Å². The molecule has 6 atom stereocenters. The lowest BCUT2D eigenvalue weighted by Gasteiger charge is -2.59. The van der Waals surface area contributed by atoms with Crippen LogP contribution in [0.1, 0.15) is 92.3 Å². The Bertz CT molecular complexity index is 2220. The number of aliphatic hydroxyl groups excluding tert-OH is 2. The first-order chi connectivity index (χ1) is 32.4. The van der Waals surface area contributed by atoms with Gasteiger partial charge in [-0.05, 0) is 97.9 Å². The molecule has 1 aromatic heterocycles. The molecule has 12 heteroatoms. The second-order valence-electron chi connectivity index (χ2n) is 17.4. The monoisotopic (exact) mass is 901 g/mol. The van der Waals surface area contributed by atoms with Crippen molar-refractivity contribution in [1.82, 2.24) is 9.88 Å². The number of rotatable bonds is 25. The van der Waals surface area contributed by atoms with E-state index in [1.165, 1.54) is 0 Å². The Labute approximate surface area is 390 Å². The highest BCUT2D eigenvalue weighted by atomic mass is 16.7. The van der Waals surface area contributed by atoms with Crippen LogP contribution in [0.4, 0.5) is 4.79 Å². The van der Waals surface area contributed by atoms with Gasteiger partial charge < -0.3 is 38.7 Å². The average molecular weight is 902 g/mol. The van der Waals surface area contributed by atoms with Crippen molar-refractivity contribution in [3.8, 4) is 11.5 Å². The summed E-state index contributed by atoms with van der Waals surface area (Å²) in [6, 6.07) is 31.0. The van der Waals surface area contributed by atoms with Crippen molar-refractivity contribution in [1.29, 1.82) is 0 Å². The number of carbonyl (C=O) groups is 1. The van der Waals surface area contributed by atoms with Crippen LogP contribution in [0.15, 0.2) is 127 Å². The molecular formula is C54H67N3O9. The molecule has 66 heavy (non-hydrogen) atoms. The Morgan fingerprint density at radius 1 is 0.909 bits per heavy atom. The first kappa shape index (κ1) is 48.4. The summed E-state index contributed by atoms with van der Waals surface area (Å²) in [5, 5.41) is 24.9. The van der Waals surface area contributed by atoms with Crippen LogP contribution in [0.25, 0.3) is 0 Å². The normalized spacial score (nSPS) is 22.3. The highest BCUT2D eigenvalue weighted by Crippen LogP contribution is 2.62. The van der Waals surface area contributed by atoms with Gasteiger partial charge in [0.1, 0.15) is 37.4 Å². The number of nitrogens with zero attached hydrogens (tertiary/aromatic N) is 3. The van der Waals surface area contributed by atoms with Gasteiger partial charge in [-0.15, -0.1) is 6.58 Å². The van der Waals surface area contributed by atoms with Gasteiger partial charge >= 0.3 is 6.09 Å². The van der Waals surface area contributed by atoms with Gasteiger partial charge in [0.15, 0.2) is 0 Å². The minimum Gasteiger partial charge on any atom is -0.487 e. The molecule has 12 nitrogen and oxygen atoms in total. The van der Waals surface area contributed by atoms with Gasteiger partial charge in [-0.25, -0.2) is 4.79 Å². The van der Waals surface area contributed by atoms with E-state index in [2.05, 4.69) is 23.7 Å². The van der Waals surface area contributed by atoms with Crippen molar-refractivity contribution in [2.24, 2.45) is 22.9 Å². The molecule has 0 bridgehead atoms. The number of benzene rings is 3. The molecule has 7 rings (SSSR count). The second kappa shape index (κ2) is 24.3. The Morgan fingerprint density at radius 3 is 2.36 bits per heavy atom. The fourth-order valence-electron chi connectivity index (χ4n) is 9.98. The van der Waals surface area contributed by atoms with Gasteiger partial charge in [0.25, 0.3) is 0 Å². The molecule has 3 aromatic carbocycles. The molecule has 1 amide bonds. The lowest BCUT2D eigenvalue weighted by Crippen LogP contribution is -2.70. The fraction of sp³-hybridized carbons (Fsp3) is 0.463. The van der Waals surface area contributed by atoms with E-state index < -0.39 is 23.8 Å². The van der Waals surface area contributed by atoms with Crippen LogP contribution in [0, 0.1) is 24.7 Å². The van der Waals surface area contributed by atoms with Gasteiger partial charge in [-0.2, -0.15) is 0 Å². The number of carbonyl (C=O) groups excluding carboxylic acids is 1. The van der Waals surface area contributed by atoms with Crippen LogP contribution in [0.2, 0.25) is 0 Å². The molecule has 1 aliphatic heterocycles. The van der Waals surface area contributed by atoms with Crippen molar-refractivity contribution in [3.63, 3.8) is 0 Å². The zero-order chi connectivity index (χ0) is 46.1. The van der Waals surface area contributed by atoms with E-state index in [0.717, 1.165) is 65.0 Å². The third kappa shape index (κ3) is 11.9. The molecule has 4 aromatic rings. The summed E-state index contributed by atoms with van der Waals surface area (Å²) >= 11 is 0. The first-order valence-electron chi connectivity index (χ1n) is 23.7. The maximum absolute atomic E-state index is 14.6. The highest BCUT2D eigenvalue weighted by Gasteiger charge is 2.65. The summed E-state index contributed by atoms with van der Waals surface area (Å²) in [5.74, 6) is -0.609. The summed E-state index contributed by atoms with van der Waals surface area (Å²) in [6.07, 6.45) is 9.11. The number of ether oxygens (including phenoxy) is 5. The van der Waals surface area contributed by atoms with Crippen molar-refractivity contribution in [2.75, 3.05) is 39.6 Å². The zero-order valence-corrected chi connectivity index (χ0v) is 38.6. The van der Waals surface area contributed by atoms with Gasteiger partial charge in [-0.3, -0.25) is 9.88 Å². The van der Waals surface area contributed by atoms with Crippen molar-refractivity contribution in [3.05, 3.63) is 149 Å². The molecule has 6 unspecified atom stereocenters. The molecule has 0 saturated heterocycles. The number of hydrogen-bond acceptors (Lipinski definition) is 11. The number of unbranched alkanes of at least 4 members (excludes halogenated alkanes) is 2. The Morgan fingerprint density at radius 2 is 1.65 bits per heavy atom. The van der Waals surface area contributed by atoms with Gasteiger partial charge in [-0.1, -0.05) is 104 Å². The number of allylic oxidation sites excluding steroid dienone is 1. The number of pyridine rings is 1. The van der Waals surface area contributed by atoms with E-state index in [1.807, 2.05) is 105 Å². The summed E-state index contributed by atoms with van der Waals surface area (Å²) in [5.41, 5.74) is 6.41. The first-order valence-corrected chi connectivity index (χ1v) is 23.7. The van der Waals surface area contributed by atoms with E-state index in [9.17, 15) is 15.0 Å². The van der Waals surface area contributed by atoms with E-state index in [4.69, 9.17) is 33.7 Å². The van der Waals surface area contributed by atoms with E-state index in [1.54, 1.807) is 11.0 Å². The predicted molar refractivity (Wildman–Crippen MR) is 254 cm³/mol. The number of fused-ring (bicyclic) bond motifs is 2. The molecule has 2 heterocycles. The molecular weight excluding hydrogens is 835 g/mol. The molecule has 2 N–H and O–H groups in total. The van der Waals surface area contributed by atoms with Gasteiger partial charge in [0.05, 0.1) is 37.1 Å². The SMILES string of the molecule is C=CCOC12Oc3ccc(OCc4cccc(C)n4)cc3C3C(CCCCO)C(CCCCO)C=C(C(=NOCc4ccccc4)CC1N(CCC)C(=O)OCCOCc1ccccc1)C32. The maximum Gasteiger partial charge on any atom is 0.410 e. The van der Waals surface area contributed by atoms with Crippen molar-refractivity contribution >= 4 is 11.8 Å². The summed E-state index contributed by atoms with van der Waals surface area (Å²) in [7, 11) is 0. The highest BCUT2D eigenvalue weighted by molar-refractivity contribution is 6.03. The number of aliphatic hydroxyl groups is 2. The number of amides is 1. The molecule has 1 saturated carbocycles. The largest absolute Gasteiger partial charge is 0.487 e. The van der Waals surface area contributed by atoms with E-state index >= 15 is 0 Å². The Hall–Kier alpha value is -5.53. The van der Waals surface area contributed by atoms with Crippen molar-refractivity contribution in [2.45, 2.75) is 103 Å². The number of hydrogen-bond donors (Lipinski definition) is 2. The van der Waals surface area contributed by atoms with Crippen molar-refractivity contribution < 1.29 is 43.5 Å². The number of oxime groups is 1.